The SMILES string of the molecule is Cc1cccc2nc(-c3ccc(C(C)C)cc3)c(/C=C/C(=O)O)n12. The Morgan fingerprint density at radius 1 is 1.17 bits per heavy atom. The van der Waals surface area contributed by atoms with Gasteiger partial charge in [-0.25, -0.2) is 9.78 Å². The summed E-state index contributed by atoms with van der Waals surface area (Å²) in [6.45, 7) is 6.30. The van der Waals surface area contributed by atoms with Gasteiger partial charge in [-0.15, -0.1) is 0 Å². The summed E-state index contributed by atoms with van der Waals surface area (Å²) >= 11 is 0. The van der Waals surface area contributed by atoms with Gasteiger partial charge in [-0.3, -0.25) is 4.40 Å². The summed E-state index contributed by atoms with van der Waals surface area (Å²) < 4.78 is 1.98. The molecule has 4 nitrogen and oxygen atoms in total. The molecule has 0 spiro atoms. The number of aliphatic carboxylic acids is 1. The number of hydrogen-bond acceptors (Lipinski definition) is 2. The lowest BCUT2D eigenvalue weighted by molar-refractivity contribution is -0.131. The van der Waals surface area contributed by atoms with Crippen molar-refractivity contribution >= 4 is 17.7 Å². The lowest BCUT2D eigenvalue weighted by atomic mass is 10.0. The summed E-state index contributed by atoms with van der Waals surface area (Å²) in [5.74, 6) is -0.506. The molecule has 0 saturated carbocycles. The topological polar surface area (TPSA) is 54.6 Å². The van der Waals surface area contributed by atoms with Gasteiger partial charge in [0.05, 0.1) is 11.4 Å². The van der Waals surface area contributed by atoms with Gasteiger partial charge in [-0.2, -0.15) is 0 Å². The first-order valence-electron chi connectivity index (χ1n) is 7.97. The molecule has 4 heteroatoms. The Labute approximate surface area is 141 Å². The molecule has 0 fully saturated rings. The number of pyridine rings is 1. The Balaban J connectivity index is 2.21. The van der Waals surface area contributed by atoms with Gasteiger partial charge in [0, 0.05) is 17.3 Å². The van der Waals surface area contributed by atoms with Gasteiger partial charge in [0.1, 0.15) is 5.65 Å². The summed E-state index contributed by atoms with van der Waals surface area (Å²) in [6.07, 6.45) is 2.77. The van der Waals surface area contributed by atoms with E-state index in [1.54, 1.807) is 6.08 Å². The Hall–Kier alpha value is -2.88. The van der Waals surface area contributed by atoms with E-state index in [4.69, 9.17) is 10.1 Å². The minimum atomic E-state index is -0.973. The molecular weight excluding hydrogens is 300 g/mol. The van der Waals surface area contributed by atoms with Crippen LogP contribution in [-0.4, -0.2) is 20.5 Å². The van der Waals surface area contributed by atoms with Crippen LogP contribution in [0.5, 0.6) is 0 Å². The van der Waals surface area contributed by atoms with E-state index in [2.05, 4.69) is 26.0 Å². The summed E-state index contributed by atoms with van der Waals surface area (Å²) in [6, 6.07) is 14.2. The van der Waals surface area contributed by atoms with Crippen molar-refractivity contribution in [3.63, 3.8) is 0 Å². The molecule has 0 aliphatic rings. The second-order valence-electron chi connectivity index (χ2n) is 6.15. The number of carboxylic acid groups (broad SMARTS) is 1. The molecule has 1 N–H and O–H groups in total. The van der Waals surface area contributed by atoms with Crippen LogP contribution in [0.2, 0.25) is 0 Å². The highest BCUT2D eigenvalue weighted by atomic mass is 16.4. The molecular formula is C20H20N2O2. The number of hydrogen-bond donors (Lipinski definition) is 1. The maximum Gasteiger partial charge on any atom is 0.328 e. The fraction of sp³-hybridized carbons (Fsp3) is 0.200. The molecule has 0 aliphatic heterocycles. The zero-order valence-corrected chi connectivity index (χ0v) is 14.0. The number of rotatable bonds is 4. The molecule has 3 aromatic rings. The number of imidazole rings is 1. The predicted molar refractivity (Wildman–Crippen MR) is 96.1 cm³/mol. The monoisotopic (exact) mass is 320 g/mol. The van der Waals surface area contributed by atoms with Crippen molar-refractivity contribution in [2.45, 2.75) is 26.7 Å². The first-order chi connectivity index (χ1) is 11.5. The van der Waals surface area contributed by atoms with Gasteiger partial charge >= 0.3 is 5.97 Å². The number of carbonyl (C=O) groups is 1. The molecule has 2 aromatic heterocycles. The van der Waals surface area contributed by atoms with E-state index < -0.39 is 5.97 Å². The normalized spacial score (nSPS) is 11.7. The molecule has 0 amide bonds. The zero-order valence-electron chi connectivity index (χ0n) is 14.0. The van der Waals surface area contributed by atoms with Crippen LogP contribution in [-0.2, 0) is 4.79 Å². The molecule has 0 unspecified atom stereocenters. The van der Waals surface area contributed by atoms with E-state index in [0.717, 1.165) is 34.4 Å². The standard InChI is InChI=1S/C20H20N2O2/c1-13(2)15-7-9-16(10-8-15)20-17(11-12-19(23)24)22-14(3)5-4-6-18(22)21-20/h4-13H,1-3H3,(H,23,24)/b12-11+. The van der Waals surface area contributed by atoms with Crippen LogP contribution in [0, 0.1) is 6.92 Å². The fourth-order valence-electron chi connectivity index (χ4n) is 2.82. The molecule has 0 bridgehead atoms. The van der Waals surface area contributed by atoms with Crippen molar-refractivity contribution in [3.8, 4) is 11.3 Å². The van der Waals surface area contributed by atoms with E-state index in [1.807, 2.05) is 41.7 Å². The molecule has 2 heterocycles. The number of benzene rings is 1. The van der Waals surface area contributed by atoms with E-state index >= 15 is 0 Å². The average Bonchev–Trinajstić information content (AvgIpc) is 2.93. The second-order valence-corrected chi connectivity index (χ2v) is 6.15. The lowest BCUT2D eigenvalue weighted by Gasteiger charge is -2.07. The summed E-state index contributed by atoms with van der Waals surface area (Å²) in [5.41, 5.74) is 5.63. The number of aryl methyl sites for hydroxylation is 1. The third kappa shape index (κ3) is 2.95. The fourth-order valence-corrected chi connectivity index (χ4v) is 2.82. The second kappa shape index (κ2) is 6.32. The minimum absolute atomic E-state index is 0.466. The number of carboxylic acids is 1. The number of fused-ring (bicyclic) bond motifs is 1. The zero-order chi connectivity index (χ0) is 17.3. The molecule has 1 aromatic carbocycles. The van der Waals surface area contributed by atoms with Gasteiger partial charge in [0.15, 0.2) is 0 Å². The van der Waals surface area contributed by atoms with Crippen molar-refractivity contribution in [1.82, 2.24) is 9.38 Å². The predicted octanol–water partition coefficient (Wildman–Crippen LogP) is 4.53. The van der Waals surface area contributed by atoms with Crippen LogP contribution in [0.15, 0.2) is 48.5 Å². The van der Waals surface area contributed by atoms with E-state index in [9.17, 15) is 4.79 Å². The van der Waals surface area contributed by atoms with Crippen molar-refractivity contribution in [3.05, 3.63) is 65.5 Å². The molecule has 3 rings (SSSR count). The molecule has 0 aliphatic carbocycles. The Morgan fingerprint density at radius 3 is 2.50 bits per heavy atom. The average molecular weight is 320 g/mol. The number of nitrogens with zero attached hydrogens (tertiary/aromatic N) is 2. The lowest BCUT2D eigenvalue weighted by Crippen LogP contribution is -1.95. The van der Waals surface area contributed by atoms with Gasteiger partial charge in [0.2, 0.25) is 0 Å². The molecule has 0 atom stereocenters. The third-order valence-corrected chi connectivity index (χ3v) is 4.11. The highest BCUT2D eigenvalue weighted by molar-refractivity contribution is 5.87. The van der Waals surface area contributed by atoms with Crippen molar-refractivity contribution < 1.29 is 9.90 Å². The van der Waals surface area contributed by atoms with Crippen molar-refractivity contribution in [2.75, 3.05) is 0 Å². The first-order valence-corrected chi connectivity index (χ1v) is 7.97. The summed E-state index contributed by atoms with van der Waals surface area (Å²) in [7, 11) is 0. The van der Waals surface area contributed by atoms with Crippen molar-refractivity contribution in [1.29, 1.82) is 0 Å². The Morgan fingerprint density at radius 2 is 1.88 bits per heavy atom. The van der Waals surface area contributed by atoms with Crippen LogP contribution in [0.4, 0.5) is 0 Å². The number of aromatic nitrogens is 2. The molecule has 0 radical (unpaired) electrons. The maximum absolute atomic E-state index is 11.0. The van der Waals surface area contributed by atoms with Gasteiger partial charge in [-0.1, -0.05) is 44.2 Å². The maximum atomic E-state index is 11.0. The van der Waals surface area contributed by atoms with Crippen LogP contribution >= 0.6 is 0 Å². The van der Waals surface area contributed by atoms with Crippen LogP contribution in [0.3, 0.4) is 0 Å². The Bertz CT molecular complexity index is 919. The van der Waals surface area contributed by atoms with Gasteiger partial charge in [-0.05, 0) is 36.6 Å². The van der Waals surface area contributed by atoms with E-state index in [-0.39, 0.29) is 0 Å². The first kappa shape index (κ1) is 16.0. The highest BCUT2D eigenvalue weighted by Gasteiger charge is 2.14. The summed E-state index contributed by atoms with van der Waals surface area (Å²) in [5, 5.41) is 9.00. The highest BCUT2D eigenvalue weighted by Crippen LogP contribution is 2.28. The molecule has 122 valence electrons. The quantitative estimate of drug-likeness (QED) is 0.719. The largest absolute Gasteiger partial charge is 0.478 e. The molecule has 24 heavy (non-hydrogen) atoms. The minimum Gasteiger partial charge on any atom is -0.478 e. The third-order valence-electron chi connectivity index (χ3n) is 4.11. The van der Waals surface area contributed by atoms with Gasteiger partial charge < -0.3 is 5.11 Å². The van der Waals surface area contributed by atoms with E-state index in [0.29, 0.717) is 5.92 Å². The van der Waals surface area contributed by atoms with Crippen LogP contribution < -0.4 is 0 Å². The Kier molecular flexibility index (Phi) is 4.21. The van der Waals surface area contributed by atoms with E-state index in [1.165, 1.54) is 5.56 Å². The van der Waals surface area contributed by atoms with Crippen molar-refractivity contribution in [2.24, 2.45) is 0 Å². The van der Waals surface area contributed by atoms with Gasteiger partial charge in [0.25, 0.3) is 0 Å². The van der Waals surface area contributed by atoms with Crippen LogP contribution in [0.1, 0.15) is 36.7 Å². The smallest absolute Gasteiger partial charge is 0.328 e. The van der Waals surface area contributed by atoms with Crippen LogP contribution in [0.25, 0.3) is 23.0 Å². The summed E-state index contributed by atoms with van der Waals surface area (Å²) in [4.78, 5) is 15.7. The molecule has 0 saturated heterocycles.